The summed E-state index contributed by atoms with van der Waals surface area (Å²) in [5, 5.41) is 57.1. The van der Waals surface area contributed by atoms with Crippen molar-refractivity contribution in [3.63, 3.8) is 0 Å². The normalized spacial score (nSPS) is 21.0. The second kappa shape index (κ2) is 13.1. The lowest BCUT2D eigenvalue weighted by Gasteiger charge is -2.25. The third kappa shape index (κ3) is 14.8. The van der Waals surface area contributed by atoms with Crippen LogP contribution in [0, 0.1) is 0 Å². The lowest BCUT2D eigenvalue weighted by molar-refractivity contribution is -0.0955. The zero-order valence-electron chi connectivity index (χ0n) is 15.4. The lowest BCUT2D eigenvalue weighted by atomic mass is 10.1. The summed E-state index contributed by atoms with van der Waals surface area (Å²) in [6.07, 6.45) is -12.5. The van der Waals surface area contributed by atoms with E-state index < -0.39 is 86.5 Å². The molecule has 0 fully saturated rings. The van der Waals surface area contributed by atoms with E-state index in [1.54, 1.807) is 0 Å². The first kappa shape index (κ1) is 31.1. The molecule has 0 saturated heterocycles. The van der Waals surface area contributed by atoms with Crippen molar-refractivity contribution in [2.75, 3.05) is 26.4 Å². The smallest absolute Gasteiger partial charge is 0.388 e. The standard InChI is InChI=1S/C10H25O18P3/c11-5(1-25-29(17,18)19)9(15)7(13)3-27-31(23,24)28-4-8(14)10(16)6(12)2-26-30(20,21)22/h5-16H,1-4H2,(H,23,24)(H2,17,18,19)(H2,20,21,22)/t5-,6+,7+,8-,9-,10+. The van der Waals surface area contributed by atoms with Gasteiger partial charge < -0.3 is 55.1 Å². The molecule has 1 unspecified atom stereocenters. The van der Waals surface area contributed by atoms with E-state index in [0.29, 0.717) is 0 Å². The highest BCUT2D eigenvalue weighted by Gasteiger charge is 2.33. The fourth-order valence-corrected chi connectivity index (χ4v) is 3.08. The molecule has 0 aromatic carbocycles. The van der Waals surface area contributed by atoms with Crippen molar-refractivity contribution < 1.29 is 86.9 Å². The number of rotatable bonds is 16. The first-order valence-corrected chi connectivity index (χ1v) is 12.5. The van der Waals surface area contributed by atoms with E-state index in [1.807, 2.05) is 0 Å². The summed E-state index contributed by atoms with van der Waals surface area (Å²) in [5.41, 5.74) is 0. The van der Waals surface area contributed by atoms with E-state index in [9.17, 15) is 49.2 Å². The van der Waals surface area contributed by atoms with E-state index >= 15 is 0 Å². The van der Waals surface area contributed by atoms with Crippen molar-refractivity contribution in [1.82, 2.24) is 0 Å². The SMILES string of the molecule is O=P(O)(O)OC[C@@H](O)[C@@H](O)[C@@H](O)COP(=O)(O)OC[C@@H](O)[C@@H](O)[C@@H](O)COP(=O)(O)O. The van der Waals surface area contributed by atoms with Crippen molar-refractivity contribution in [1.29, 1.82) is 0 Å². The Morgan fingerprint density at radius 1 is 0.484 bits per heavy atom. The van der Waals surface area contributed by atoms with Gasteiger partial charge in [0.2, 0.25) is 0 Å². The molecule has 0 aliphatic heterocycles. The average Bonchev–Trinajstić information content (AvgIpc) is 2.64. The lowest BCUT2D eigenvalue weighted by Crippen LogP contribution is -2.42. The van der Waals surface area contributed by atoms with Crippen LogP contribution in [0.25, 0.3) is 0 Å². The van der Waals surface area contributed by atoms with Gasteiger partial charge >= 0.3 is 23.5 Å². The molecular weight excluding hydrogens is 501 g/mol. The van der Waals surface area contributed by atoms with Gasteiger partial charge in [-0.2, -0.15) is 0 Å². The van der Waals surface area contributed by atoms with E-state index in [2.05, 4.69) is 18.1 Å². The highest BCUT2D eigenvalue weighted by Crippen LogP contribution is 2.43. The number of hydrogen-bond acceptors (Lipinski definition) is 13. The van der Waals surface area contributed by atoms with Crippen LogP contribution in [0.15, 0.2) is 0 Å². The summed E-state index contributed by atoms with van der Waals surface area (Å²) in [6, 6.07) is 0. The third-order valence-corrected chi connectivity index (χ3v) is 5.14. The maximum Gasteiger partial charge on any atom is 0.472 e. The van der Waals surface area contributed by atoms with Crippen molar-refractivity contribution in [3.8, 4) is 0 Å². The zero-order valence-corrected chi connectivity index (χ0v) is 18.1. The van der Waals surface area contributed by atoms with E-state index in [1.165, 1.54) is 0 Å². The monoisotopic (exact) mass is 526 g/mol. The van der Waals surface area contributed by atoms with Gasteiger partial charge in [-0.3, -0.25) is 18.1 Å². The van der Waals surface area contributed by atoms with Crippen LogP contribution in [0.2, 0.25) is 0 Å². The van der Waals surface area contributed by atoms with Crippen molar-refractivity contribution in [2.45, 2.75) is 36.6 Å². The van der Waals surface area contributed by atoms with Gasteiger partial charge in [0.1, 0.15) is 36.6 Å². The molecule has 0 aliphatic carbocycles. The van der Waals surface area contributed by atoms with Crippen LogP contribution in [-0.2, 0) is 31.8 Å². The Balaban J connectivity index is 4.49. The molecule has 188 valence electrons. The molecule has 0 aromatic heterocycles. The Kier molecular flexibility index (Phi) is 13.1. The van der Waals surface area contributed by atoms with Crippen LogP contribution >= 0.6 is 23.5 Å². The van der Waals surface area contributed by atoms with Crippen LogP contribution in [0.4, 0.5) is 0 Å². The molecule has 0 spiro atoms. The Morgan fingerprint density at radius 3 is 0.935 bits per heavy atom. The summed E-state index contributed by atoms with van der Waals surface area (Å²) < 4.78 is 49.0. The van der Waals surface area contributed by atoms with Gasteiger partial charge in [0.05, 0.1) is 26.4 Å². The minimum absolute atomic E-state index is 1.10. The predicted octanol–water partition coefficient (Wildman–Crippen LogP) is -4.50. The Morgan fingerprint density at radius 2 is 0.710 bits per heavy atom. The molecule has 0 bridgehead atoms. The Hall–Kier alpha value is 0.0900. The average molecular weight is 526 g/mol. The molecule has 7 atom stereocenters. The summed E-state index contributed by atoms with van der Waals surface area (Å²) >= 11 is 0. The largest absolute Gasteiger partial charge is 0.472 e. The number of aliphatic hydroxyl groups excluding tert-OH is 6. The van der Waals surface area contributed by atoms with Gasteiger partial charge in [0.15, 0.2) is 0 Å². The van der Waals surface area contributed by atoms with E-state index in [-0.39, 0.29) is 0 Å². The second-order valence-corrected chi connectivity index (χ2v) is 9.82. The summed E-state index contributed by atoms with van der Waals surface area (Å²) in [4.78, 5) is 43.3. The van der Waals surface area contributed by atoms with E-state index in [0.717, 1.165) is 0 Å². The quantitative estimate of drug-likeness (QED) is 0.0844. The minimum Gasteiger partial charge on any atom is -0.388 e. The highest BCUT2D eigenvalue weighted by atomic mass is 31.2. The molecule has 18 nitrogen and oxygen atoms in total. The topological polar surface area (TPSA) is 311 Å². The first-order valence-electron chi connectivity index (χ1n) is 7.95. The number of phosphoric acid groups is 3. The molecule has 11 N–H and O–H groups in total. The predicted molar refractivity (Wildman–Crippen MR) is 93.8 cm³/mol. The molecule has 0 aliphatic rings. The van der Waals surface area contributed by atoms with Crippen molar-refractivity contribution in [3.05, 3.63) is 0 Å². The van der Waals surface area contributed by atoms with Crippen LogP contribution in [-0.4, -0.2) is 118 Å². The second-order valence-electron chi connectivity index (χ2n) is 5.88. The fourth-order valence-electron chi connectivity index (χ4n) is 1.63. The number of phosphoric ester groups is 3. The molecule has 31 heavy (non-hydrogen) atoms. The Bertz CT molecular complexity index is 609. The molecule has 0 aromatic rings. The minimum atomic E-state index is -5.04. The Labute approximate surface area is 174 Å². The van der Waals surface area contributed by atoms with Crippen LogP contribution in [0.3, 0.4) is 0 Å². The van der Waals surface area contributed by atoms with Gasteiger partial charge in [0, 0.05) is 0 Å². The van der Waals surface area contributed by atoms with Gasteiger partial charge in [-0.25, -0.2) is 13.7 Å². The number of hydrogen-bond donors (Lipinski definition) is 11. The molecule has 0 heterocycles. The van der Waals surface area contributed by atoms with Gasteiger partial charge in [0.25, 0.3) is 0 Å². The highest BCUT2D eigenvalue weighted by molar-refractivity contribution is 7.47. The fraction of sp³-hybridized carbons (Fsp3) is 1.00. The van der Waals surface area contributed by atoms with Crippen LogP contribution in [0.5, 0.6) is 0 Å². The molecule has 0 radical (unpaired) electrons. The summed E-state index contributed by atoms with van der Waals surface area (Å²) in [7, 11) is -15.0. The molecule has 0 saturated carbocycles. The molecule has 0 amide bonds. The van der Waals surface area contributed by atoms with Gasteiger partial charge in [-0.05, 0) is 0 Å². The van der Waals surface area contributed by atoms with Gasteiger partial charge in [-0.1, -0.05) is 0 Å². The first-order chi connectivity index (χ1) is 13.8. The van der Waals surface area contributed by atoms with Gasteiger partial charge in [-0.15, -0.1) is 0 Å². The number of aliphatic hydroxyl groups is 6. The molecule has 21 heteroatoms. The maximum absolute atomic E-state index is 11.7. The summed E-state index contributed by atoms with van der Waals surface area (Å²) in [6.45, 7) is -4.51. The molecule has 0 rings (SSSR count). The third-order valence-electron chi connectivity index (χ3n) is 3.22. The van der Waals surface area contributed by atoms with Crippen molar-refractivity contribution >= 4 is 23.5 Å². The summed E-state index contributed by atoms with van der Waals surface area (Å²) in [5.74, 6) is 0. The molecular formula is C10H25O18P3. The van der Waals surface area contributed by atoms with E-state index in [4.69, 9.17) is 19.6 Å². The maximum atomic E-state index is 11.7. The van der Waals surface area contributed by atoms with Crippen molar-refractivity contribution in [2.24, 2.45) is 0 Å². The van der Waals surface area contributed by atoms with Crippen LogP contribution in [0.1, 0.15) is 0 Å². The van der Waals surface area contributed by atoms with Crippen LogP contribution < -0.4 is 0 Å². The zero-order chi connectivity index (χ0) is 24.6.